The molecular weight excluding hydrogens is 312 g/mol. The maximum Gasteiger partial charge on any atom is 0.346 e. The lowest BCUT2D eigenvalue weighted by molar-refractivity contribution is -0.344. The number of benzene rings is 1. The predicted molar refractivity (Wildman–Crippen MR) is 88.0 cm³/mol. The molecule has 1 heterocycles. The molecule has 0 amide bonds. The molecule has 2 rings (SSSR count). The zero-order valence-corrected chi connectivity index (χ0v) is 13.9. The number of aromatic amines is 1. The van der Waals surface area contributed by atoms with Gasteiger partial charge in [-0.1, -0.05) is 0 Å². The Morgan fingerprint density at radius 2 is 2.08 bits per heavy atom. The Morgan fingerprint density at radius 3 is 2.71 bits per heavy atom. The van der Waals surface area contributed by atoms with Crippen LogP contribution in [-0.4, -0.2) is 43.4 Å². The number of carbonyl (C=O) groups is 2. The molecule has 0 saturated heterocycles. The zero-order chi connectivity index (χ0) is 17.7. The Balaban J connectivity index is 2.61. The van der Waals surface area contributed by atoms with Crippen molar-refractivity contribution in [3.8, 4) is 0 Å². The number of anilines is 1. The van der Waals surface area contributed by atoms with Crippen molar-refractivity contribution in [1.82, 2.24) is 0 Å². The van der Waals surface area contributed by atoms with E-state index in [0.717, 1.165) is 5.52 Å². The molecule has 1 aromatic heterocycles. The third-order valence-corrected chi connectivity index (χ3v) is 3.42. The van der Waals surface area contributed by atoms with E-state index in [1.54, 1.807) is 38.2 Å². The molecule has 0 radical (unpaired) electrons. The van der Waals surface area contributed by atoms with E-state index < -0.39 is 18.0 Å². The highest BCUT2D eigenvalue weighted by molar-refractivity contribution is 6.05. The number of rotatable bonds is 6. The van der Waals surface area contributed by atoms with Crippen molar-refractivity contribution < 1.29 is 29.2 Å². The van der Waals surface area contributed by atoms with Gasteiger partial charge in [0.1, 0.15) is 5.56 Å². The van der Waals surface area contributed by atoms with Crippen LogP contribution < -0.4 is 10.3 Å². The molecule has 0 bridgehead atoms. The summed E-state index contributed by atoms with van der Waals surface area (Å²) in [6.45, 7) is 3.85. The highest BCUT2D eigenvalue weighted by Gasteiger charge is 2.21. The number of ether oxygens (including phenoxy) is 2. The van der Waals surface area contributed by atoms with Crippen LogP contribution in [0.5, 0.6) is 0 Å². The van der Waals surface area contributed by atoms with Gasteiger partial charge in [0.05, 0.1) is 36.5 Å². The average molecular weight is 333 g/mol. The van der Waals surface area contributed by atoms with Gasteiger partial charge in [-0.25, -0.2) is 14.6 Å². The summed E-state index contributed by atoms with van der Waals surface area (Å²) in [6, 6.07) is 4.99. The van der Waals surface area contributed by atoms with Crippen LogP contribution in [0.15, 0.2) is 24.4 Å². The Morgan fingerprint density at radius 1 is 1.33 bits per heavy atom. The molecule has 0 spiro atoms. The summed E-state index contributed by atoms with van der Waals surface area (Å²) in [4.78, 5) is 27.0. The number of methoxy groups -OCH3 is 1. The topological polar surface area (TPSA) is 99.0 Å². The lowest BCUT2D eigenvalue weighted by Crippen LogP contribution is -2.21. The van der Waals surface area contributed by atoms with E-state index in [9.17, 15) is 14.7 Å². The minimum absolute atomic E-state index is 0.244. The Labute approximate surface area is 139 Å². The summed E-state index contributed by atoms with van der Waals surface area (Å²) >= 11 is 0. The van der Waals surface area contributed by atoms with Gasteiger partial charge in [-0.3, -0.25) is 0 Å². The molecule has 1 aromatic carbocycles. The molecule has 0 aliphatic rings. The number of fused-ring (bicyclic) bond motifs is 1. The molecule has 7 heteroatoms. The number of hydrogen-bond acceptors (Lipinski definition) is 6. The van der Waals surface area contributed by atoms with E-state index in [2.05, 4.69) is 10.3 Å². The van der Waals surface area contributed by atoms with Gasteiger partial charge in [0.15, 0.2) is 6.20 Å². The van der Waals surface area contributed by atoms with Crippen LogP contribution in [0.4, 0.5) is 5.69 Å². The predicted octanol–water partition coefficient (Wildman–Crippen LogP) is 1.41. The minimum Gasteiger partial charge on any atom is -0.465 e. The second-order valence-corrected chi connectivity index (χ2v) is 5.28. The number of hydrogen-bond donors (Lipinski definition) is 2. The van der Waals surface area contributed by atoms with E-state index in [-0.39, 0.29) is 13.2 Å². The molecule has 1 atom stereocenters. The number of aliphatic hydroxyl groups excluding tert-OH is 1. The van der Waals surface area contributed by atoms with E-state index >= 15 is 0 Å². The molecule has 24 heavy (non-hydrogen) atoms. The van der Waals surface area contributed by atoms with E-state index in [0.29, 0.717) is 22.2 Å². The fourth-order valence-corrected chi connectivity index (χ4v) is 2.30. The van der Waals surface area contributed by atoms with Gasteiger partial charge >= 0.3 is 11.9 Å². The van der Waals surface area contributed by atoms with Crippen molar-refractivity contribution in [2.24, 2.45) is 0 Å². The number of pyridine rings is 1. The minimum atomic E-state index is -0.608. The number of aliphatic hydroxyl groups is 1. The second-order valence-electron chi connectivity index (χ2n) is 5.28. The van der Waals surface area contributed by atoms with Crippen molar-refractivity contribution in [1.29, 1.82) is 0 Å². The molecule has 0 unspecified atom stereocenters. The monoisotopic (exact) mass is 333 g/mol. The SMILES string of the molecule is CCOC(=O)c1c[nH+]c2ccc(C(=O)OC)cc2c1NC[C@H](C)O. The summed E-state index contributed by atoms with van der Waals surface area (Å²) in [5.74, 6) is -0.966. The fourth-order valence-electron chi connectivity index (χ4n) is 2.30. The third-order valence-electron chi connectivity index (χ3n) is 3.42. The summed E-state index contributed by atoms with van der Waals surface area (Å²) in [5.41, 5.74) is 1.88. The highest BCUT2D eigenvalue weighted by Crippen LogP contribution is 2.26. The number of carbonyl (C=O) groups excluding carboxylic acids is 2. The van der Waals surface area contributed by atoms with Crippen LogP contribution in [0.25, 0.3) is 10.9 Å². The Kier molecular flexibility index (Phi) is 5.70. The van der Waals surface area contributed by atoms with Crippen LogP contribution in [-0.2, 0) is 9.47 Å². The van der Waals surface area contributed by atoms with E-state index in [4.69, 9.17) is 9.47 Å². The molecule has 128 valence electrons. The van der Waals surface area contributed by atoms with E-state index in [1.165, 1.54) is 7.11 Å². The van der Waals surface area contributed by atoms with Gasteiger partial charge < -0.3 is 19.9 Å². The maximum atomic E-state index is 12.2. The number of esters is 2. The Hall–Kier alpha value is -2.67. The van der Waals surface area contributed by atoms with Crippen LogP contribution in [0.3, 0.4) is 0 Å². The first-order valence-corrected chi connectivity index (χ1v) is 7.63. The van der Waals surface area contributed by atoms with Crippen LogP contribution in [0, 0.1) is 0 Å². The van der Waals surface area contributed by atoms with Crippen molar-refractivity contribution in [3.63, 3.8) is 0 Å². The first-order valence-electron chi connectivity index (χ1n) is 7.63. The van der Waals surface area contributed by atoms with Gasteiger partial charge in [0, 0.05) is 12.6 Å². The number of aromatic nitrogens is 1. The normalized spacial score (nSPS) is 11.8. The molecule has 7 nitrogen and oxygen atoms in total. The van der Waals surface area contributed by atoms with Gasteiger partial charge in [-0.05, 0) is 26.0 Å². The standard InChI is InChI=1S/C17H20N2O5/c1-4-24-17(22)13-9-18-14-6-5-11(16(21)23-3)7-12(14)15(13)19-8-10(2)20/h5-7,9-10,20H,4,8H2,1-3H3,(H,18,19)/p+1/t10-/m0/s1. The quantitative estimate of drug-likeness (QED) is 0.776. The molecule has 0 aliphatic heterocycles. The molecule has 2 aromatic rings. The van der Waals surface area contributed by atoms with Crippen molar-refractivity contribution in [3.05, 3.63) is 35.5 Å². The maximum absolute atomic E-state index is 12.2. The summed E-state index contributed by atoms with van der Waals surface area (Å²) in [7, 11) is 1.31. The molecule has 3 N–H and O–H groups in total. The number of nitrogens with one attached hydrogen (secondary N) is 2. The first kappa shape index (κ1) is 17.7. The molecule has 0 saturated carbocycles. The van der Waals surface area contributed by atoms with Crippen LogP contribution in [0.1, 0.15) is 34.6 Å². The lowest BCUT2D eigenvalue weighted by atomic mass is 10.1. The van der Waals surface area contributed by atoms with Gasteiger partial charge in [-0.2, -0.15) is 0 Å². The summed E-state index contributed by atoms with van der Waals surface area (Å²) in [5, 5.41) is 13.2. The van der Waals surface area contributed by atoms with Crippen molar-refractivity contribution >= 4 is 28.5 Å². The second kappa shape index (κ2) is 7.74. The molecule has 0 aliphatic carbocycles. The van der Waals surface area contributed by atoms with Gasteiger partial charge in [-0.15, -0.1) is 0 Å². The Bertz CT molecular complexity index is 758. The smallest absolute Gasteiger partial charge is 0.346 e. The summed E-state index contributed by atoms with van der Waals surface area (Å²) < 4.78 is 9.81. The average Bonchev–Trinajstić information content (AvgIpc) is 2.58. The zero-order valence-electron chi connectivity index (χ0n) is 13.9. The third kappa shape index (κ3) is 3.80. The molecular formula is C17H21N2O5+. The largest absolute Gasteiger partial charge is 0.465 e. The first-order chi connectivity index (χ1) is 11.5. The lowest BCUT2D eigenvalue weighted by Gasteiger charge is -2.13. The van der Waals surface area contributed by atoms with E-state index in [1.807, 2.05) is 0 Å². The van der Waals surface area contributed by atoms with Gasteiger partial charge in [0.25, 0.3) is 0 Å². The molecule has 0 fully saturated rings. The van der Waals surface area contributed by atoms with Crippen LogP contribution in [0.2, 0.25) is 0 Å². The number of H-pyrrole nitrogens is 1. The van der Waals surface area contributed by atoms with Gasteiger partial charge in [0.2, 0.25) is 5.52 Å². The highest BCUT2D eigenvalue weighted by atomic mass is 16.5. The van der Waals surface area contributed by atoms with Crippen molar-refractivity contribution in [2.75, 3.05) is 25.6 Å². The summed E-state index contributed by atoms with van der Waals surface area (Å²) in [6.07, 6.45) is 0.936. The fraction of sp³-hybridized carbons (Fsp3) is 0.353. The van der Waals surface area contributed by atoms with Crippen LogP contribution >= 0.6 is 0 Å². The van der Waals surface area contributed by atoms with Crippen molar-refractivity contribution in [2.45, 2.75) is 20.0 Å².